The molecule has 94 valence electrons. The Morgan fingerprint density at radius 3 is 2.71 bits per heavy atom. The second kappa shape index (κ2) is 5.58. The molecule has 0 fully saturated rings. The van der Waals surface area contributed by atoms with E-state index >= 15 is 0 Å². The van der Waals surface area contributed by atoms with Crippen molar-refractivity contribution >= 4 is 6.08 Å². The van der Waals surface area contributed by atoms with Gasteiger partial charge in [0.05, 0.1) is 0 Å². The normalized spacial score (nSPS) is 12.0. The molecular formula is C11H12F3NO2. The van der Waals surface area contributed by atoms with Crippen molar-refractivity contribution in [2.75, 3.05) is 13.6 Å². The number of aromatic hydroxyl groups is 1. The van der Waals surface area contributed by atoms with Gasteiger partial charge in [0.25, 0.3) is 0 Å². The quantitative estimate of drug-likeness (QED) is 0.859. The molecule has 0 spiro atoms. The molecule has 0 aliphatic rings. The van der Waals surface area contributed by atoms with Crippen LogP contribution in [0.5, 0.6) is 11.5 Å². The molecule has 0 aromatic heterocycles. The highest BCUT2D eigenvalue weighted by Gasteiger charge is 2.31. The average molecular weight is 247 g/mol. The van der Waals surface area contributed by atoms with E-state index in [2.05, 4.69) is 10.1 Å². The fourth-order valence-electron chi connectivity index (χ4n) is 1.19. The van der Waals surface area contributed by atoms with Crippen molar-refractivity contribution in [1.29, 1.82) is 0 Å². The van der Waals surface area contributed by atoms with Crippen molar-refractivity contribution in [3.8, 4) is 11.5 Å². The molecule has 0 radical (unpaired) electrons. The van der Waals surface area contributed by atoms with Crippen LogP contribution in [0, 0.1) is 0 Å². The van der Waals surface area contributed by atoms with Crippen LogP contribution in [0.4, 0.5) is 13.2 Å². The second-order valence-electron chi connectivity index (χ2n) is 3.23. The van der Waals surface area contributed by atoms with Crippen molar-refractivity contribution in [2.24, 2.45) is 0 Å². The number of likely N-dealkylation sites (N-methyl/N-ethyl adjacent to an activating group) is 1. The molecule has 1 aromatic carbocycles. The van der Waals surface area contributed by atoms with Crippen LogP contribution >= 0.6 is 0 Å². The first-order valence-corrected chi connectivity index (χ1v) is 4.82. The van der Waals surface area contributed by atoms with Crippen LogP contribution in [0.1, 0.15) is 5.56 Å². The molecule has 0 saturated carbocycles. The Kier molecular flexibility index (Phi) is 4.39. The molecule has 0 bridgehead atoms. The highest BCUT2D eigenvalue weighted by atomic mass is 19.4. The van der Waals surface area contributed by atoms with Gasteiger partial charge in [0.1, 0.15) is 11.5 Å². The molecule has 0 heterocycles. The number of rotatable bonds is 4. The number of phenolic OH excluding ortho intramolecular Hbond substituents is 1. The summed E-state index contributed by atoms with van der Waals surface area (Å²) >= 11 is 0. The highest BCUT2D eigenvalue weighted by molar-refractivity contribution is 5.59. The minimum atomic E-state index is -4.75. The first kappa shape index (κ1) is 13.4. The van der Waals surface area contributed by atoms with Gasteiger partial charge in [-0.05, 0) is 25.2 Å². The van der Waals surface area contributed by atoms with Crippen molar-refractivity contribution in [3.63, 3.8) is 0 Å². The van der Waals surface area contributed by atoms with Gasteiger partial charge in [-0.15, -0.1) is 13.2 Å². The van der Waals surface area contributed by atoms with E-state index in [9.17, 15) is 18.3 Å². The Hall–Kier alpha value is -1.69. The number of hydrogen-bond acceptors (Lipinski definition) is 3. The number of ether oxygens (including phenoxy) is 1. The standard InChI is InChI=1S/C11H12F3NO2/c1-15-6-2-3-8-7-9(16)4-5-10(8)17-11(12,13)14/h2-5,7,15-16H,6H2,1H3. The van der Waals surface area contributed by atoms with Crippen molar-refractivity contribution < 1.29 is 23.0 Å². The molecule has 3 nitrogen and oxygen atoms in total. The molecule has 0 amide bonds. The SMILES string of the molecule is CNCC=Cc1cc(O)ccc1OC(F)(F)F. The monoisotopic (exact) mass is 247 g/mol. The molecule has 6 heteroatoms. The summed E-state index contributed by atoms with van der Waals surface area (Å²) in [6.07, 6.45) is -1.68. The van der Waals surface area contributed by atoms with Crippen LogP contribution in [0.25, 0.3) is 6.08 Å². The lowest BCUT2D eigenvalue weighted by molar-refractivity contribution is -0.274. The Balaban J connectivity index is 2.95. The third kappa shape index (κ3) is 4.78. The number of benzene rings is 1. The lowest BCUT2D eigenvalue weighted by atomic mass is 10.1. The van der Waals surface area contributed by atoms with Crippen LogP contribution in [0.15, 0.2) is 24.3 Å². The number of nitrogens with one attached hydrogen (secondary N) is 1. The van der Waals surface area contributed by atoms with E-state index in [1.54, 1.807) is 13.1 Å². The third-order valence-corrected chi connectivity index (χ3v) is 1.84. The summed E-state index contributed by atoms with van der Waals surface area (Å²) in [5, 5.41) is 12.0. The topological polar surface area (TPSA) is 41.5 Å². The highest BCUT2D eigenvalue weighted by Crippen LogP contribution is 2.29. The predicted molar refractivity (Wildman–Crippen MR) is 57.8 cm³/mol. The van der Waals surface area contributed by atoms with Gasteiger partial charge in [-0.3, -0.25) is 0 Å². The maximum Gasteiger partial charge on any atom is 0.573 e. The summed E-state index contributed by atoms with van der Waals surface area (Å²) in [5.41, 5.74) is 0.164. The van der Waals surface area contributed by atoms with Gasteiger partial charge in [-0.1, -0.05) is 12.2 Å². The molecule has 0 saturated heterocycles. The van der Waals surface area contributed by atoms with E-state index < -0.39 is 6.36 Å². The van der Waals surface area contributed by atoms with Crippen LogP contribution < -0.4 is 10.1 Å². The van der Waals surface area contributed by atoms with Gasteiger partial charge in [0, 0.05) is 12.1 Å². The summed E-state index contributed by atoms with van der Waals surface area (Å²) in [4.78, 5) is 0. The first-order valence-electron chi connectivity index (χ1n) is 4.82. The van der Waals surface area contributed by atoms with Crippen molar-refractivity contribution in [2.45, 2.75) is 6.36 Å². The zero-order valence-corrected chi connectivity index (χ0v) is 9.08. The number of halogens is 3. The van der Waals surface area contributed by atoms with Gasteiger partial charge < -0.3 is 15.2 Å². The lowest BCUT2D eigenvalue weighted by Crippen LogP contribution is -2.17. The van der Waals surface area contributed by atoms with E-state index in [1.807, 2.05) is 0 Å². The molecule has 1 rings (SSSR count). The zero-order chi connectivity index (χ0) is 12.9. The van der Waals surface area contributed by atoms with E-state index in [0.29, 0.717) is 6.54 Å². The third-order valence-electron chi connectivity index (χ3n) is 1.84. The smallest absolute Gasteiger partial charge is 0.508 e. The van der Waals surface area contributed by atoms with Gasteiger partial charge >= 0.3 is 6.36 Å². The minimum Gasteiger partial charge on any atom is -0.508 e. The number of phenols is 1. The fraction of sp³-hybridized carbons (Fsp3) is 0.273. The fourth-order valence-corrected chi connectivity index (χ4v) is 1.19. The largest absolute Gasteiger partial charge is 0.573 e. The molecular weight excluding hydrogens is 235 g/mol. The van der Waals surface area contributed by atoms with E-state index in [-0.39, 0.29) is 17.1 Å². The van der Waals surface area contributed by atoms with E-state index in [0.717, 1.165) is 12.1 Å². The van der Waals surface area contributed by atoms with Gasteiger partial charge in [-0.25, -0.2) is 0 Å². The predicted octanol–water partition coefficient (Wildman–Crippen LogP) is 2.52. The Bertz CT molecular complexity index is 402. The Labute approximate surface area is 96.5 Å². The summed E-state index contributed by atoms with van der Waals surface area (Å²) in [7, 11) is 1.71. The Morgan fingerprint density at radius 1 is 1.41 bits per heavy atom. The average Bonchev–Trinajstić information content (AvgIpc) is 2.20. The van der Waals surface area contributed by atoms with Crippen LogP contribution in [-0.4, -0.2) is 25.1 Å². The summed E-state index contributed by atoms with van der Waals surface area (Å²) in [6.45, 7) is 0.501. The van der Waals surface area contributed by atoms with Crippen LogP contribution in [0.3, 0.4) is 0 Å². The molecule has 0 unspecified atom stereocenters. The van der Waals surface area contributed by atoms with Crippen molar-refractivity contribution in [1.82, 2.24) is 5.32 Å². The van der Waals surface area contributed by atoms with E-state index in [4.69, 9.17) is 0 Å². The zero-order valence-electron chi connectivity index (χ0n) is 9.08. The number of hydrogen-bond donors (Lipinski definition) is 2. The summed E-state index contributed by atoms with van der Waals surface area (Å²) < 4.78 is 40.1. The Morgan fingerprint density at radius 2 is 2.12 bits per heavy atom. The number of alkyl halides is 3. The minimum absolute atomic E-state index is 0.122. The molecule has 0 atom stereocenters. The summed E-state index contributed by atoms with van der Waals surface area (Å²) in [5.74, 6) is -0.466. The lowest BCUT2D eigenvalue weighted by Gasteiger charge is -2.11. The molecule has 2 N–H and O–H groups in total. The molecule has 0 aliphatic heterocycles. The molecule has 0 aliphatic carbocycles. The van der Waals surface area contributed by atoms with Crippen LogP contribution in [0.2, 0.25) is 0 Å². The van der Waals surface area contributed by atoms with Gasteiger partial charge in [0.2, 0.25) is 0 Å². The molecule has 17 heavy (non-hydrogen) atoms. The van der Waals surface area contributed by atoms with Gasteiger partial charge in [0.15, 0.2) is 0 Å². The van der Waals surface area contributed by atoms with Gasteiger partial charge in [-0.2, -0.15) is 0 Å². The second-order valence-corrected chi connectivity index (χ2v) is 3.23. The van der Waals surface area contributed by atoms with Crippen molar-refractivity contribution in [3.05, 3.63) is 29.8 Å². The van der Waals surface area contributed by atoms with Crippen LogP contribution in [-0.2, 0) is 0 Å². The molecule has 1 aromatic rings. The maximum absolute atomic E-state index is 12.1. The maximum atomic E-state index is 12.1. The first-order chi connectivity index (χ1) is 7.92. The summed E-state index contributed by atoms with van der Waals surface area (Å²) in [6, 6.07) is 3.41. The van der Waals surface area contributed by atoms with E-state index in [1.165, 1.54) is 12.1 Å².